The molecule has 1 amide bonds. The molecule has 0 spiro atoms. The lowest BCUT2D eigenvalue weighted by molar-refractivity contribution is 0.0865. The van der Waals surface area contributed by atoms with Gasteiger partial charge in [0, 0.05) is 12.6 Å². The Labute approximate surface area is 107 Å². The van der Waals surface area contributed by atoms with Gasteiger partial charge in [-0.05, 0) is 19.8 Å². The molecule has 2 rings (SSSR count). The van der Waals surface area contributed by atoms with Crippen molar-refractivity contribution < 1.29 is 9.32 Å². The predicted octanol–water partition coefficient (Wildman–Crippen LogP) is 1.41. The van der Waals surface area contributed by atoms with Crippen LogP contribution in [-0.2, 0) is 0 Å². The molecule has 96 valence electrons. The standard InChI is InChI=1S/C11H17N3O2.ClH/c1-8-6-9(16-14-8)10(15)13-11(7-12)4-2-3-5-11;/h6H,2-5,7,12H2,1H3,(H,13,15);1H. The fraction of sp³-hybridized carbons (Fsp3) is 0.636. The number of halogens is 1. The minimum atomic E-state index is -0.238. The van der Waals surface area contributed by atoms with E-state index >= 15 is 0 Å². The van der Waals surface area contributed by atoms with Crippen LogP contribution in [0.2, 0.25) is 0 Å². The number of nitrogens with zero attached hydrogens (tertiary/aromatic N) is 1. The topological polar surface area (TPSA) is 81.2 Å². The van der Waals surface area contributed by atoms with Crippen molar-refractivity contribution in [1.82, 2.24) is 10.5 Å². The van der Waals surface area contributed by atoms with Crippen molar-refractivity contribution in [3.05, 3.63) is 17.5 Å². The third kappa shape index (κ3) is 2.98. The molecule has 1 fully saturated rings. The summed E-state index contributed by atoms with van der Waals surface area (Å²) in [5.74, 6) is 0.0465. The minimum absolute atomic E-state index is 0. The summed E-state index contributed by atoms with van der Waals surface area (Å²) >= 11 is 0. The third-order valence-electron chi connectivity index (χ3n) is 3.18. The molecule has 3 N–H and O–H groups in total. The number of aromatic nitrogens is 1. The smallest absolute Gasteiger partial charge is 0.290 e. The van der Waals surface area contributed by atoms with Gasteiger partial charge in [-0.3, -0.25) is 4.79 Å². The fourth-order valence-corrected chi connectivity index (χ4v) is 2.20. The van der Waals surface area contributed by atoms with Gasteiger partial charge in [0.1, 0.15) is 0 Å². The van der Waals surface area contributed by atoms with E-state index in [4.69, 9.17) is 10.3 Å². The molecule has 0 saturated heterocycles. The number of rotatable bonds is 3. The Bertz CT molecular complexity index is 386. The van der Waals surface area contributed by atoms with Crippen molar-refractivity contribution in [2.45, 2.75) is 38.1 Å². The van der Waals surface area contributed by atoms with E-state index in [9.17, 15) is 4.79 Å². The average molecular weight is 260 g/mol. The van der Waals surface area contributed by atoms with Gasteiger partial charge in [-0.15, -0.1) is 12.4 Å². The summed E-state index contributed by atoms with van der Waals surface area (Å²) in [5.41, 5.74) is 6.21. The lowest BCUT2D eigenvalue weighted by Gasteiger charge is -2.27. The van der Waals surface area contributed by atoms with Gasteiger partial charge in [-0.2, -0.15) is 0 Å². The van der Waals surface area contributed by atoms with Crippen molar-refractivity contribution in [2.75, 3.05) is 6.54 Å². The van der Waals surface area contributed by atoms with Crippen LogP contribution in [0.15, 0.2) is 10.6 Å². The summed E-state index contributed by atoms with van der Waals surface area (Å²) in [6.45, 7) is 2.26. The lowest BCUT2D eigenvalue weighted by atomic mass is 9.98. The highest BCUT2D eigenvalue weighted by Crippen LogP contribution is 2.28. The Morgan fingerprint density at radius 3 is 2.71 bits per heavy atom. The molecule has 17 heavy (non-hydrogen) atoms. The first-order valence-electron chi connectivity index (χ1n) is 5.61. The summed E-state index contributed by atoms with van der Waals surface area (Å²) in [7, 11) is 0. The summed E-state index contributed by atoms with van der Waals surface area (Å²) in [6, 6.07) is 1.63. The molecule has 1 aliphatic rings. The van der Waals surface area contributed by atoms with E-state index in [-0.39, 0.29) is 29.6 Å². The molecule has 1 aromatic heterocycles. The molecule has 0 aliphatic heterocycles. The molecule has 1 aliphatic carbocycles. The van der Waals surface area contributed by atoms with Crippen LogP contribution in [-0.4, -0.2) is 23.1 Å². The van der Waals surface area contributed by atoms with Crippen LogP contribution in [0.25, 0.3) is 0 Å². The average Bonchev–Trinajstić information content (AvgIpc) is 2.88. The molecule has 0 radical (unpaired) electrons. The van der Waals surface area contributed by atoms with Gasteiger partial charge in [-0.25, -0.2) is 0 Å². The van der Waals surface area contributed by atoms with E-state index in [1.807, 2.05) is 0 Å². The first-order chi connectivity index (χ1) is 7.65. The highest BCUT2D eigenvalue weighted by atomic mass is 35.5. The fourth-order valence-electron chi connectivity index (χ4n) is 2.20. The second-order valence-electron chi connectivity index (χ2n) is 4.48. The number of nitrogens with two attached hydrogens (primary N) is 1. The van der Waals surface area contributed by atoms with Crippen LogP contribution >= 0.6 is 12.4 Å². The normalized spacial score (nSPS) is 17.5. The Balaban J connectivity index is 0.00000144. The summed E-state index contributed by atoms with van der Waals surface area (Å²) in [4.78, 5) is 11.9. The molecule has 0 bridgehead atoms. The predicted molar refractivity (Wildman–Crippen MR) is 66.2 cm³/mol. The van der Waals surface area contributed by atoms with Crippen LogP contribution in [0.1, 0.15) is 41.9 Å². The molecule has 6 heteroatoms. The molecule has 5 nitrogen and oxygen atoms in total. The van der Waals surface area contributed by atoms with E-state index in [0.717, 1.165) is 25.7 Å². The number of hydrogen-bond donors (Lipinski definition) is 2. The molecular weight excluding hydrogens is 242 g/mol. The number of amides is 1. The van der Waals surface area contributed by atoms with E-state index in [2.05, 4.69) is 10.5 Å². The van der Waals surface area contributed by atoms with E-state index in [1.165, 1.54) is 0 Å². The second kappa shape index (κ2) is 5.51. The summed E-state index contributed by atoms with van der Waals surface area (Å²) in [6.07, 6.45) is 4.13. The lowest BCUT2D eigenvalue weighted by Crippen LogP contribution is -2.51. The van der Waals surface area contributed by atoms with Crippen LogP contribution in [0, 0.1) is 6.92 Å². The Kier molecular flexibility index (Phi) is 4.54. The van der Waals surface area contributed by atoms with Crippen LogP contribution in [0.4, 0.5) is 0 Å². The maximum atomic E-state index is 11.9. The number of aryl methyl sites for hydroxylation is 1. The monoisotopic (exact) mass is 259 g/mol. The maximum absolute atomic E-state index is 11.9. The largest absolute Gasteiger partial charge is 0.351 e. The van der Waals surface area contributed by atoms with Crippen molar-refractivity contribution in [1.29, 1.82) is 0 Å². The summed E-state index contributed by atoms with van der Waals surface area (Å²) in [5, 5.41) is 6.67. The van der Waals surface area contributed by atoms with Gasteiger partial charge in [0.25, 0.3) is 5.91 Å². The molecule has 0 atom stereocenters. The molecule has 1 aromatic rings. The minimum Gasteiger partial charge on any atom is -0.351 e. The molecular formula is C11H18ClN3O2. The van der Waals surface area contributed by atoms with Crippen molar-refractivity contribution in [3.63, 3.8) is 0 Å². The summed E-state index contributed by atoms with van der Waals surface area (Å²) < 4.78 is 4.92. The number of carbonyl (C=O) groups excluding carboxylic acids is 1. The maximum Gasteiger partial charge on any atom is 0.290 e. The van der Waals surface area contributed by atoms with Gasteiger partial charge in [0.05, 0.1) is 11.2 Å². The highest BCUT2D eigenvalue weighted by Gasteiger charge is 2.34. The molecule has 1 saturated carbocycles. The zero-order chi connectivity index (χ0) is 11.6. The van der Waals surface area contributed by atoms with E-state index in [1.54, 1.807) is 13.0 Å². The van der Waals surface area contributed by atoms with Gasteiger partial charge in [0.2, 0.25) is 5.76 Å². The quantitative estimate of drug-likeness (QED) is 0.860. The molecule has 1 heterocycles. The van der Waals surface area contributed by atoms with Crippen LogP contribution < -0.4 is 11.1 Å². The van der Waals surface area contributed by atoms with Gasteiger partial charge in [0.15, 0.2) is 0 Å². The van der Waals surface area contributed by atoms with E-state index in [0.29, 0.717) is 12.2 Å². The third-order valence-corrected chi connectivity index (χ3v) is 3.18. The zero-order valence-corrected chi connectivity index (χ0v) is 10.7. The number of hydrogen-bond acceptors (Lipinski definition) is 4. The van der Waals surface area contributed by atoms with Gasteiger partial charge >= 0.3 is 0 Å². The second-order valence-corrected chi connectivity index (χ2v) is 4.48. The Morgan fingerprint density at radius 1 is 1.59 bits per heavy atom. The van der Waals surface area contributed by atoms with Gasteiger partial charge < -0.3 is 15.6 Å². The van der Waals surface area contributed by atoms with Crippen molar-refractivity contribution >= 4 is 18.3 Å². The van der Waals surface area contributed by atoms with Crippen LogP contribution in [0.3, 0.4) is 0 Å². The number of carbonyl (C=O) groups is 1. The molecule has 0 aromatic carbocycles. The molecule has 0 unspecified atom stereocenters. The Hall–Kier alpha value is -1.07. The highest BCUT2D eigenvalue weighted by molar-refractivity contribution is 5.92. The number of nitrogens with one attached hydrogen (secondary N) is 1. The van der Waals surface area contributed by atoms with Gasteiger partial charge in [-0.1, -0.05) is 18.0 Å². The first kappa shape index (κ1) is 14.0. The first-order valence-corrected chi connectivity index (χ1v) is 5.61. The van der Waals surface area contributed by atoms with Crippen molar-refractivity contribution in [3.8, 4) is 0 Å². The SMILES string of the molecule is Cc1cc(C(=O)NC2(CN)CCCC2)on1.Cl. The zero-order valence-electron chi connectivity index (χ0n) is 9.86. The van der Waals surface area contributed by atoms with E-state index < -0.39 is 0 Å². The van der Waals surface area contributed by atoms with Crippen molar-refractivity contribution in [2.24, 2.45) is 5.73 Å². The van der Waals surface area contributed by atoms with Crippen LogP contribution in [0.5, 0.6) is 0 Å². The Morgan fingerprint density at radius 2 is 2.24 bits per heavy atom.